The van der Waals surface area contributed by atoms with Crippen LogP contribution in [-0.2, 0) is 6.16 Å². The van der Waals surface area contributed by atoms with E-state index in [1.54, 1.807) is 6.92 Å². The summed E-state index contributed by atoms with van der Waals surface area (Å²) in [7, 11) is 2.52. The number of aromatic nitrogens is 2. The average Bonchev–Trinajstić information content (AvgIpc) is 2.14. The highest BCUT2D eigenvalue weighted by Crippen LogP contribution is 1.98. The molecule has 1 rings (SSSR count). The maximum atomic E-state index is 4.68. The van der Waals surface area contributed by atoms with Gasteiger partial charge in [0.05, 0.1) is 0 Å². The van der Waals surface area contributed by atoms with E-state index in [4.69, 9.17) is 0 Å². The molecule has 0 N–H and O–H groups in total. The fourth-order valence-corrected chi connectivity index (χ4v) is 0.590. The quantitative estimate of drug-likeness (QED) is 0.526. The van der Waals surface area contributed by atoms with Crippen molar-refractivity contribution in [3.05, 3.63) is 11.7 Å². The van der Waals surface area contributed by atoms with Crippen LogP contribution in [0.4, 0.5) is 0 Å². The number of hydrogen-bond donors (Lipinski definition) is 0. The van der Waals surface area contributed by atoms with Crippen LogP contribution in [0.5, 0.6) is 0 Å². The molecule has 0 bridgehead atoms. The molecule has 1 unspecified atom stereocenters. The third-order valence-electron chi connectivity index (χ3n) is 0.752. The monoisotopic (exact) mass is 130 g/mol. The first-order valence-electron chi connectivity index (χ1n) is 2.32. The lowest BCUT2D eigenvalue weighted by molar-refractivity contribution is 0.389. The summed E-state index contributed by atoms with van der Waals surface area (Å²) in [5, 5.41) is 3.63. The van der Waals surface area contributed by atoms with E-state index in [0.717, 1.165) is 12.0 Å². The first-order valence-corrected chi connectivity index (χ1v) is 3.14. The zero-order chi connectivity index (χ0) is 5.98. The highest BCUT2D eigenvalue weighted by molar-refractivity contribution is 7.15. The minimum Gasteiger partial charge on any atom is -0.340 e. The van der Waals surface area contributed by atoms with Gasteiger partial charge >= 0.3 is 0 Å². The Morgan fingerprint density at radius 2 is 2.50 bits per heavy atom. The summed E-state index contributed by atoms with van der Waals surface area (Å²) < 4.78 is 4.68. The molecule has 0 spiro atoms. The van der Waals surface area contributed by atoms with Gasteiger partial charge in [-0.2, -0.15) is 4.98 Å². The first-order chi connectivity index (χ1) is 3.83. The molecule has 0 aliphatic rings. The van der Waals surface area contributed by atoms with Gasteiger partial charge in [-0.1, -0.05) is 5.16 Å². The maximum absolute atomic E-state index is 4.68. The van der Waals surface area contributed by atoms with E-state index in [-0.39, 0.29) is 0 Å². The number of rotatable bonds is 1. The van der Waals surface area contributed by atoms with Crippen LogP contribution in [0.25, 0.3) is 0 Å². The van der Waals surface area contributed by atoms with Crippen LogP contribution in [-0.4, -0.2) is 10.1 Å². The molecule has 0 aliphatic heterocycles. The molecule has 4 heteroatoms. The van der Waals surface area contributed by atoms with Crippen molar-refractivity contribution in [2.45, 2.75) is 13.1 Å². The van der Waals surface area contributed by atoms with Crippen molar-refractivity contribution in [2.24, 2.45) is 0 Å². The second-order valence-electron chi connectivity index (χ2n) is 1.43. The minimum absolute atomic E-state index is 0.627. The average molecular weight is 130 g/mol. The molecule has 1 heterocycles. The summed E-state index contributed by atoms with van der Waals surface area (Å²) in [4.78, 5) is 3.93. The zero-order valence-electron chi connectivity index (χ0n) is 4.59. The van der Waals surface area contributed by atoms with Gasteiger partial charge in [0.25, 0.3) is 0 Å². The van der Waals surface area contributed by atoms with Gasteiger partial charge in [0, 0.05) is 13.1 Å². The van der Waals surface area contributed by atoms with E-state index in [1.165, 1.54) is 0 Å². The molecule has 8 heavy (non-hydrogen) atoms. The van der Waals surface area contributed by atoms with Crippen molar-refractivity contribution < 1.29 is 4.52 Å². The molecule has 3 nitrogen and oxygen atoms in total. The predicted octanol–water partition coefficient (Wildman–Crippen LogP) is 0.753. The highest BCUT2D eigenvalue weighted by Gasteiger charge is 1.95. The largest absolute Gasteiger partial charge is 0.340 e. The topological polar surface area (TPSA) is 38.9 Å². The smallest absolute Gasteiger partial charge is 0.223 e. The van der Waals surface area contributed by atoms with Gasteiger partial charge in [-0.3, -0.25) is 0 Å². The van der Waals surface area contributed by atoms with Crippen molar-refractivity contribution in [3.8, 4) is 0 Å². The SMILES string of the molecule is Cc1nc(CP)no1. The Bertz CT molecular complexity index is 174. The Labute approximate surface area is 49.7 Å². The summed E-state index contributed by atoms with van der Waals surface area (Å²) >= 11 is 0. The Morgan fingerprint density at radius 1 is 1.75 bits per heavy atom. The molecule has 1 atom stereocenters. The first kappa shape index (κ1) is 5.70. The Morgan fingerprint density at radius 3 is 2.75 bits per heavy atom. The van der Waals surface area contributed by atoms with Crippen molar-refractivity contribution >= 4 is 9.24 Å². The van der Waals surface area contributed by atoms with Crippen LogP contribution < -0.4 is 0 Å². The van der Waals surface area contributed by atoms with Crippen LogP contribution in [0.3, 0.4) is 0 Å². The predicted molar refractivity (Wildman–Crippen MR) is 32.4 cm³/mol. The lowest BCUT2D eigenvalue weighted by Crippen LogP contribution is -1.77. The summed E-state index contributed by atoms with van der Waals surface area (Å²) in [6.07, 6.45) is 0.761. The Kier molecular flexibility index (Phi) is 1.59. The summed E-state index contributed by atoms with van der Waals surface area (Å²) in [6.45, 7) is 1.77. The Balaban J connectivity index is 2.84. The number of hydrogen-bond acceptors (Lipinski definition) is 3. The standard InChI is InChI=1S/C4H7N2OP/c1-3-5-4(2-8)6-7-3/h2,8H2,1H3. The van der Waals surface area contributed by atoms with Crippen LogP contribution in [0.2, 0.25) is 0 Å². The minimum atomic E-state index is 0.627. The van der Waals surface area contributed by atoms with Gasteiger partial charge < -0.3 is 4.52 Å². The fraction of sp³-hybridized carbons (Fsp3) is 0.500. The van der Waals surface area contributed by atoms with Crippen LogP contribution >= 0.6 is 9.24 Å². The molecule has 0 aliphatic carbocycles. The van der Waals surface area contributed by atoms with Crippen molar-refractivity contribution in [3.63, 3.8) is 0 Å². The second-order valence-corrected chi connectivity index (χ2v) is 1.84. The van der Waals surface area contributed by atoms with Crippen molar-refractivity contribution in [1.29, 1.82) is 0 Å². The number of nitrogens with zero attached hydrogens (tertiary/aromatic N) is 2. The maximum Gasteiger partial charge on any atom is 0.223 e. The van der Waals surface area contributed by atoms with E-state index in [9.17, 15) is 0 Å². The summed E-state index contributed by atoms with van der Waals surface area (Å²) in [5.41, 5.74) is 0. The molecule has 44 valence electrons. The van der Waals surface area contributed by atoms with E-state index in [0.29, 0.717) is 5.89 Å². The molecular weight excluding hydrogens is 123 g/mol. The van der Waals surface area contributed by atoms with Crippen LogP contribution in [0.15, 0.2) is 4.52 Å². The lowest BCUT2D eigenvalue weighted by Gasteiger charge is -1.73. The summed E-state index contributed by atoms with van der Waals surface area (Å²) in [6, 6.07) is 0. The third-order valence-corrected chi connectivity index (χ3v) is 1.12. The van der Waals surface area contributed by atoms with Crippen LogP contribution in [0.1, 0.15) is 11.7 Å². The number of aryl methyl sites for hydroxylation is 1. The zero-order valence-corrected chi connectivity index (χ0v) is 5.74. The fourth-order valence-electron chi connectivity index (χ4n) is 0.424. The highest BCUT2D eigenvalue weighted by atomic mass is 31.0. The van der Waals surface area contributed by atoms with Gasteiger partial charge in [0.1, 0.15) is 0 Å². The summed E-state index contributed by atoms with van der Waals surface area (Å²) in [5.74, 6) is 1.37. The molecule has 0 amide bonds. The van der Waals surface area contributed by atoms with Gasteiger partial charge in [0.2, 0.25) is 5.89 Å². The second kappa shape index (κ2) is 2.23. The van der Waals surface area contributed by atoms with Crippen molar-refractivity contribution in [1.82, 2.24) is 10.1 Å². The Hall–Kier alpha value is -0.430. The van der Waals surface area contributed by atoms with Crippen molar-refractivity contribution in [2.75, 3.05) is 0 Å². The molecule has 0 saturated heterocycles. The van der Waals surface area contributed by atoms with Gasteiger partial charge in [-0.25, -0.2) is 0 Å². The van der Waals surface area contributed by atoms with Gasteiger partial charge in [0.15, 0.2) is 5.82 Å². The molecule has 0 fully saturated rings. The van der Waals surface area contributed by atoms with E-state index < -0.39 is 0 Å². The third kappa shape index (κ3) is 1.04. The van der Waals surface area contributed by atoms with Gasteiger partial charge in [-0.05, 0) is 0 Å². The van der Waals surface area contributed by atoms with Gasteiger partial charge in [-0.15, -0.1) is 9.24 Å². The lowest BCUT2D eigenvalue weighted by atomic mass is 10.7. The molecular formula is C4H7N2OP. The van der Waals surface area contributed by atoms with Crippen LogP contribution in [0, 0.1) is 6.92 Å². The molecule has 0 radical (unpaired) electrons. The van der Waals surface area contributed by atoms with E-state index in [1.807, 2.05) is 0 Å². The van der Waals surface area contributed by atoms with E-state index >= 15 is 0 Å². The molecule has 0 saturated carbocycles. The molecule has 1 aromatic rings. The molecule has 1 aromatic heterocycles. The molecule has 0 aromatic carbocycles. The van der Waals surface area contributed by atoms with E-state index in [2.05, 4.69) is 23.9 Å². The normalized spacial score (nSPS) is 9.75.